The highest BCUT2D eigenvalue weighted by Crippen LogP contribution is 2.37. The molecule has 1 unspecified atom stereocenters. The summed E-state index contributed by atoms with van der Waals surface area (Å²) in [7, 11) is 1.67. The van der Waals surface area contributed by atoms with Gasteiger partial charge in [0.25, 0.3) is 0 Å². The van der Waals surface area contributed by atoms with Crippen molar-refractivity contribution in [1.82, 2.24) is 0 Å². The Morgan fingerprint density at radius 2 is 2.00 bits per heavy atom. The van der Waals surface area contributed by atoms with Crippen molar-refractivity contribution in [2.45, 2.75) is 19.2 Å². The van der Waals surface area contributed by atoms with Gasteiger partial charge in [0.1, 0.15) is 5.75 Å². The van der Waals surface area contributed by atoms with Gasteiger partial charge < -0.3 is 4.74 Å². The minimum Gasteiger partial charge on any atom is -0.497 e. The SMILES string of the molecule is COc1cccc(C(Cl)c2sc(C)cc2C)c1. The predicted octanol–water partition coefficient (Wildman–Crippen LogP) is 4.70. The summed E-state index contributed by atoms with van der Waals surface area (Å²) in [6.07, 6.45) is 0. The van der Waals surface area contributed by atoms with Crippen molar-refractivity contribution in [3.05, 3.63) is 51.2 Å². The van der Waals surface area contributed by atoms with Gasteiger partial charge in [0.15, 0.2) is 0 Å². The Bertz CT molecular complexity index is 519. The molecule has 0 bridgehead atoms. The van der Waals surface area contributed by atoms with Gasteiger partial charge in [-0.1, -0.05) is 12.1 Å². The molecular weight excluding hydrogens is 252 g/mol. The quantitative estimate of drug-likeness (QED) is 0.732. The molecule has 0 fully saturated rings. The van der Waals surface area contributed by atoms with E-state index >= 15 is 0 Å². The fourth-order valence-electron chi connectivity index (χ4n) is 1.86. The lowest BCUT2D eigenvalue weighted by molar-refractivity contribution is 0.414. The number of ether oxygens (including phenoxy) is 1. The van der Waals surface area contributed by atoms with E-state index in [9.17, 15) is 0 Å². The zero-order valence-corrected chi connectivity index (χ0v) is 11.7. The van der Waals surface area contributed by atoms with E-state index in [1.165, 1.54) is 15.3 Å². The highest BCUT2D eigenvalue weighted by Gasteiger charge is 2.16. The van der Waals surface area contributed by atoms with Crippen molar-refractivity contribution in [3.8, 4) is 5.75 Å². The lowest BCUT2D eigenvalue weighted by Gasteiger charge is -2.10. The van der Waals surface area contributed by atoms with Gasteiger partial charge in [-0.3, -0.25) is 0 Å². The average molecular weight is 267 g/mol. The van der Waals surface area contributed by atoms with Crippen LogP contribution in [-0.2, 0) is 0 Å². The predicted molar refractivity (Wildman–Crippen MR) is 74.5 cm³/mol. The Balaban J connectivity index is 2.36. The van der Waals surface area contributed by atoms with Crippen LogP contribution in [0.2, 0.25) is 0 Å². The van der Waals surface area contributed by atoms with Crippen molar-refractivity contribution in [1.29, 1.82) is 0 Å². The molecule has 1 atom stereocenters. The van der Waals surface area contributed by atoms with E-state index in [0.29, 0.717) is 0 Å². The van der Waals surface area contributed by atoms with Crippen molar-refractivity contribution in [2.75, 3.05) is 7.11 Å². The van der Waals surface area contributed by atoms with Gasteiger partial charge in [0.05, 0.1) is 12.5 Å². The molecule has 0 saturated heterocycles. The summed E-state index contributed by atoms with van der Waals surface area (Å²) in [4.78, 5) is 2.52. The van der Waals surface area contributed by atoms with E-state index in [-0.39, 0.29) is 5.38 Å². The fourth-order valence-corrected chi connectivity index (χ4v) is 3.35. The smallest absolute Gasteiger partial charge is 0.119 e. The third-order valence-corrected chi connectivity index (χ3v) is 4.51. The van der Waals surface area contributed by atoms with E-state index < -0.39 is 0 Å². The Morgan fingerprint density at radius 3 is 2.59 bits per heavy atom. The highest BCUT2D eigenvalue weighted by atomic mass is 35.5. The lowest BCUT2D eigenvalue weighted by Crippen LogP contribution is -1.93. The molecule has 2 aromatic rings. The van der Waals surface area contributed by atoms with Gasteiger partial charge >= 0.3 is 0 Å². The Kier molecular flexibility index (Phi) is 3.75. The van der Waals surface area contributed by atoms with E-state index in [1.807, 2.05) is 24.3 Å². The highest BCUT2D eigenvalue weighted by molar-refractivity contribution is 7.12. The molecule has 1 aromatic carbocycles. The average Bonchev–Trinajstić information content (AvgIpc) is 2.67. The van der Waals surface area contributed by atoms with Crippen LogP contribution in [0.3, 0.4) is 0 Å². The first kappa shape index (κ1) is 12.5. The van der Waals surface area contributed by atoms with E-state index in [0.717, 1.165) is 11.3 Å². The molecular formula is C14H15ClOS. The summed E-state index contributed by atoms with van der Waals surface area (Å²) in [5.41, 5.74) is 2.34. The summed E-state index contributed by atoms with van der Waals surface area (Å²) in [5.74, 6) is 0.846. The second kappa shape index (κ2) is 5.11. The Hall–Kier alpha value is -0.990. The van der Waals surface area contributed by atoms with Crippen LogP contribution in [0.1, 0.15) is 26.3 Å². The molecule has 17 heavy (non-hydrogen) atoms. The number of hydrogen-bond acceptors (Lipinski definition) is 2. The number of rotatable bonds is 3. The number of benzene rings is 1. The molecule has 0 amide bonds. The molecule has 90 valence electrons. The molecule has 3 heteroatoms. The van der Waals surface area contributed by atoms with E-state index in [1.54, 1.807) is 18.4 Å². The normalized spacial score (nSPS) is 12.5. The van der Waals surface area contributed by atoms with Gasteiger partial charge in [0.2, 0.25) is 0 Å². The second-order valence-corrected chi connectivity index (χ2v) is 5.77. The number of methoxy groups -OCH3 is 1. The van der Waals surface area contributed by atoms with Crippen LogP contribution < -0.4 is 4.74 Å². The number of thiophene rings is 1. The molecule has 0 radical (unpaired) electrons. The van der Waals surface area contributed by atoms with Crippen LogP contribution in [0.5, 0.6) is 5.75 Å². The first-order valence-electron chi connectivity index (χ1n) is 5.46. The maximum absolute atomic E-state index is 6.53. The van der Waals surface area contributed by atoms with Gasteiger partial charge in [-0.2, -0.15) is 0 Å². The summed E-state index contributed by atoms with van der Waals surface area (Å²) >= 11 is 8.29. The number of alkyl halides is 1. The van der Waals surface area contributed by atoms with Gasteiger partial charge in [-0.25, -0.2) is 0 Å². The maximum atomic E-state index is 6.53. The number of halogens is 1. The molecule has 0 aliphatic carbocycles. The molecule has 1 aromatic heterocycles. The monoisotopic (exact) mass is 266 g/mol. The molecule has 0 aliphatic rings. The van der Waals surface area contributed by atoms with Crippen molar-refractivity contribution < 1.29 is 4.74 Å². The molecule has 0 spiro atoms. The summed E-state index contributed by atoms with van der Waals surface area (Å²) in [5, 5.41) is -0.0937. The third kappa shape index (κ3) is 2.64. The zero-order chi connectivity index (χ0) is 12.4. The van der Waals surface area contributed by atoms with Crippen LogP contribution in [0.4, 0.5) is 0 Å². The molecule has 0 saturated carbocycles. The van der Waals surface area contributed by atoms with Crippen LogP contribution >= 0.6 is 22.9 Å². The molecule has 0 N–H and O–H groups in total. The Labute approximate surface area is 111 Å². The molecule has 1 nitrogen and oxygen atoms in total. The number of hydrogen-bond donors (Lipinski definition) is 0. The van der Waals surface area contributed by atoms with E-state index in [4.69, 9.17) is 16.3 Å². The van der Waals surface area contributed by atoms with Crippen LogP contribution in [-0.4, -0.2) is 7.11 Å². The standard InChI is InChI=1S/C14H15ClOS/c1-9-7-10(2)17-14(9)13(15)11-5-4-6-12(8-11)16-3/h4-8,13H,1-3H3. The van der Waals surface area contributed by atoms with Crippen LogP contribution in [0.25, 0.3) is 0 Å². The zero-order valence-electron chi connectivity index (χ0n) is 10.2. The van der Waals surface area contributed by atoms with Crippen LogP contribution in [0, 0.1) is 13.8 Å². The second-order valence-electron chi connectivity index (χ2n) is 4.04. The minimum absolute atomic E-state index is 0.0937. The van der Waals surface area contributed by atoms with Gasteiger partial charge in [0, 0.05) is 9.75 Å². The first-order valence-corrected chi connectivity index (χ1v) is 6.72. The first-order chi connectivity index (χ1) is 8.11. The largest absolute Gasteiger partial charge is 0.497 e. The number of aryl methyl sites for hydroxylation is 2. The van der Waals surface area contributed by atoms with Crippen molar-refractivity contribution in [2.24, 2.45) is 0 Å². The fraction of sp³-hybridized carbons (Fsp3) is 0.286. The van der Waals surface area contributed by atoms with Gasteiger partial charge in [-0.05, 0) is 43.2 Å². The molecule has 1 heterocycles. The summed E-state index contributed by atoms with van der Waals surface area (Å²) < 4.78 is 5.22. The van der Waals surface area contributed by atoms with E-state index in [2.05, 4.69) is 19.9 Å². The summed E-state index contributed by atoms with van der Waals surface area (Å²) in [6, 6.07) is 10.1. The summed E-state index contributed by atoms with van der Waals surface area (Å²) in [6.45, 7) is 4.21. The molecule has 2 rings (SSSR count). The van der Waals surface area contributed by atoms with Crippen LogP contribution in [0.15, 0.2) is 30.3 Å². The van der Waals surface area contributed by atoms with Gasteiger partial charge in [-0.15, -0.1) is 22.9 Å². The maximum Gasteiger partial charge on any atom is 0.119 e. The topological polar surface area (TPSA) is 9.23 Å². The molecule has 0 aliphatic heterocycles. The van der Waals surface area contributed by atoms with Crippen molar-refractivity contribution >= 4 is 22.9 Å². The van der Waals surface area contributed by atoms with Crippen molar-refractivity contribution in [3.63, 3.8) is 0 Å². The minimum atomic E-state index is -0.0937. The Morgan fingerprint density at radius 1 is 1.24 bits per heavy atom. The lowest BCUT2D eigenvalue weighted by atomic mass is 10.1. The third-order valence-electron chi connectivity index (χ3n) is 2.70.